The summed E-state index contributed by atoms with van der Waals surface area (Å²) in [6, 6.07) is 15.8. The molecule has 0 saturated carbocycles. The van der Waals surface area contributed by atoms with Crippen molar-refractivity contribution in [3.63, 3.8) is 0 Å². The first-order valence-corrected chi connectivity index (χ1v) is 8.08. The van der Waals surface area contributed by atoms with E-state index in [9.17, 15) is 18.0 Å². The zero-order chi connectivity index (χ0) is 18.3. The molecule has 0 saturated heterocycles. The number of carbonyl (C=O) groups is 1. The molecule has 0 amide bonds. The van der Waals surface area contributed by atoms with Gasteiger partial charge in [0.1, 0.15) is 0 Å². The number of benzene rings is 2. The van der Waals surface area contributed by atoms with Crippen molar-refractivity contribution in [2.45, 2.75) is 18.5 Å². The molecular formula is C20H12BrF3O. The Hall–Kier alpha value is -2.50. The van der Waals surface area contributed by atoms with E-state index in [0.29, 0.717) is 10.0 Å². The second kappa shape index (κ2) is 8.55. The Bertz CT molecular complexity index is 865. The Morgan fingerprint density at radius 1 is 1.00 bits per heavy atom. The van der Waals surface area contributed by atoms with Crippen LogP contribution in [-0.2, 0) is 4.79 Å². The third kappa shape index (κ3) is 5.81. The van der Waals surface area contributed by atoms with Gasteiger partial charge in [-0.2, -0.15) is 13.2 Å². The van der Waals surface area contributed by atoms with Crippen LogP contribution in [0.2, 0.25) is 0 Å². The summed E-state index contributed by atoms with van der Waals surface area (Å²) in [7, 11) is 0. The first kappa shape index (κ1) is 18.8. The van der Waals surface area contributed by atoms with Gasteiger partial charge in [0.25, 0.3) is 0 Å². The summed E-state index contributed by atoms with van der Waals surface area (Å²) in [4.78, 5) is 11.4. The maximum Gasteiger partial charge on any atom is 0.450 e. The normalized spacial score (nSPS) is 11.5. The minimum atomic E-state index is -4.88. The molecule has 0 aliphatic heterocycles. The predicted octanol–water partition coefficient (Wildman–Crippen LogP) is 5.11. The highest BCUT2D eigenvalue weighted by molar-refractivity contribution is 9.10. The zero-order valence-corrected chi connectivity index (χ0v) is 14.5. The minimum Gasteiger partial charge on any atom is -0.290 e. The summed E-state index contributed by atoms with van der Waals surface area (Å²) in [6.07, 6.45) is -5.62. The molecule has 0 N–H and O–H groups in total. The Balaban J connectivity index is 2.27. The van der Waals surface area contributed by atoms with Crippen LogP contribution in [0.4, 0.5) is 13.2 Å². The molecule has 0 spiro atoms. The van der Waals surface area contributed by atoms with Gasteiger partial charge >= 0.3 is 6.18 Å². The summed E-state index contributed by atoms with van der Waals surface area (Å²) in [5.74, 6) is 7.96. The molecule has 5 heteroatoms. The third-order valence-corrected chi connectivity index (χ3v) is 4.00. The maximum atomic E-state index is 12.6. The van der Waals surface area contributed by atoms with Crippen molar-refractivity contribution in [1.82, 2.24) is 0 Å². The lowest BCUT2D eigenvalue weighted by atomic mass is 9.94. The highest BCUT2D eigenvalue weighted by Gasteiger charge is 2.39. The zero-order valence-electron chi connectivity index (χ0n) is 12.9. The number of ketones is 1. The van der Waals surface area contributed by atoms with Crippen LogP contribution in [0, 0.1) is 23.7 Å². The number of carbonyl (C=O) groups excluding carboxylic acids is 1. The number of rotatable bonds is 3. The van der Waals surface area contributed by atoms with Crippen LogP contribution in [0.3, 0.4) is 0 Å². The fourth-order valence-electron chi connectivity index (χ4n) is 2.05. The first-order chi connectivity index (χ1) is 11.9. The molecule has 1 atom stereocenters. The van der Waals surface area contributed by atoms with Crippen molar-refractivity contribution in [3.8, 4) is 23.7 Å². The van der Waals surface area contributed by atoms with E-state index >= 15 is 0 Å². The lowest BCUT2D eigenvalue weighted by Crippen LogP contribution is -2.24. The molecule has 0 heterocycles. The smallest absolute Gasteiger partial charge is 0.290 e. The van der Waals surface area contributed by atoms with Crippen molar-refractivity contribution >= 4 is 21.7 Å². The Kier molecular flexibility index (Phi) is 6.44. The number of Topliss-reactive ketones (excluding diaryl/α,β-unsaturated/α-hetero) is 1. The number of hydrogen-bond donors (Lipinski definition) is 0. The van der Waals surface area contributed by atoms with E-state index in [4.69, 9.17) is 0 Å². The lowest BCUT2D eigenvalue weighted by molar-refractivity contribution is -0.171. The molecule has 0 aromatic heterocycles. The Morgan fingerprint density at radius 2 is 1.64 bits per heavy atom. The number of alkyl halides is 3. The quantitative estimate of drug-likeness (QED) is 0.649. The van der Waals surface area contributed by atoms with Gasteiger partial charge in [-0.3, -0.25) is 4.79 Å². The van der Waals surface area contributed by atoms with E-state index in [0.717, 1.165) is 5.56 Å². The van der Waals surface area contributed by atoms with Gasteiger partial charge in [0.05, 0.1) is 5.92 Å². The third-order valence-electron chi connectivity index (χ3n) is 3.28. The molecule has 2 rings (SSSR count). The van der Waals surface area contributed by atoms with Gasteiger partial charge in [0.2, 0.25) is 5.78 Å². The molecule has 2 aromatic rings. The van der Waals surface area contributed by atoms with Crippen LogP contribution in [-0.4, -0.2) is 12.0 Å². The molecule has 25 heavy (non-hydrogen) atoms. The van der Waals surface area contributed by atoms with Crippen molar-refractivity contribution in [1.29, 1.82) is 0 Å². The van der Waals surface area contributed by atoms with E-state index < -0.39 is 24.3 Å². The molecule has 0 radical (unpaired) electrons. The highest BCUT2D eigenvalue weighted by Crippen LogP contribution is 2.30. The van der Waals surface area contributed by atoms with E-state index in [1.807, 2.05) is 18.2 Å². The van der Waals surface area contributed by atoms with Gasteiger partial charge in [-0.05, 0) is 35.6 Å². The van der Waals surface area contributed by atoms with Crippen molar-refractivity contribution < 1.29 is 18.0 Å². The summed E-state index contributed by atoms with van der Waals surface area (Å²) in [6.45, 7) is 0. The molecule has 0 aliphatic rings. The Labute approximate surface area is 152 Å². The van der Waals surface area contributed by atoms with Crippen molar-refractivity contribution in [2.24, 2.45) is 0 Å². The summed E-state index contributed by atoms with van der Waals surface area (Å²) in [5, 5.41) is 0. The Morgan fingerprint density at radius 3 is 2.28 bits per heavy atom. The topological polar surface area (TPSA) is 17.1 Å². The summed E-state index contributed by atoms with van der Waals surface area (Å²) >= 11 is 3.29. The molecule has 1 nitrogen and oxygen atoms in total. The fourth-order valence-corrected chi connectivity index (χ4v) is 2.61. The van der Waals surface area contributed by atoms with Crippen LogP contribution in [0.5, 0.6) is 0 Å². The average molecular weight is 405 g/mol. The number of halogens is 4. The molecule has 0 fully saturated rings. The maximum absolute atomic E-state index is 12.6. The summed E-state index contributed by atoms with van der Waals surface area (Å²) in [5.41, 5.74) is 1.27. The first-order valence-electron chi connectivity index (χ1n) is 7.29. The lowest BCUT2D eigenvalue weighted by Gasteiger charge is -2.13. The van der Waals surface area contributed by atoms with Gasteiger partial charge < -0.3 is 0 Å². The molecule has 2 aromatic carbocycles. The minimum absolute atomic E-state index is 0.522. The van der Waals surface area contributed by atoms with E-state index in [1.54, 1.807) is 36.4 Å². The van der Waals surface area contributed by atoms with Crippen LogP contribution in [0.1, 0.15) is 23.5 Å². The van der Waals surface area contributed by atoms with Gasteiger partial charge in [0, 0.05) is 16.5 Å². The van der Waals surface area contributed by atoms with Crippen LogP contribution < -0.4 is 0 Å². The van der Waals surface area contributed by atoms with Gasteiger partial charge in [-0.15, -0.1) is 0 Å². The van der Waals surface area contributed by atoms with Crippen LogP contribution in [0.15, 0.2) is 59.1 Å². The SMILES string of the molecule is O=C(C[C@@H](C#CC#Cc1ccccc1)c1ccccc1Br)C(F)(F)F. The molecular weight excluding hydrogens is 393 g/mol. The largest absolute Gasteiger partial charge is 0.450 e. The second-order valence-electron chi connectivity index (χ2n) is 5.08. The van der Waals surface area contributed by atoms with Gasteiger partial charge in [-0.1, -0.05) is 64.2 Å². The van der Waals surface area contributed by atoms with Gasteiger partial charge in [0.15, 0.2) is 0 Å². The van der Waals surface area contributed by atoms with E-state index in [1.165, 1.54) is 0 Å². The van der Waals surface area contributed by atoms with E-state index in [2.05, 4.69) is 39.6 Å². The van der Waals surface area contributed by atoms with Crippen molar-refractivity contribution in [2.75, 3.05) is 0 Å². The average Bonchev–Trinajstić information content (AvgIpc) is 2.58. The van der Waals surface area contributed by atoms with Crippen LogP contribution >= 0.6 is 15.9 Å². The number of hydrogen-bond acceptors (Lipinski definition) is 1. The molecule has 0 bridgehead atoms. The fraction of sp³-hybridized carbons (Fsp3) is 0.150. The molecule has 0 aliphatic carbocycles. The van der Waals surface area contributed by atoms with Crippen molar-refractivity contribution in [3.05, 3.63) is 70.2 Å². The second-order valence-corrected chi connectivity index (χ2v) is 5.94. The molecule has 0 unspecified atom stereocenters. The van der Waals surface area contributed by atoms with E-state index in [-0.39, 0.29) is 0 Å². The molecule has 126 valence electrons. The standard InChI is InChI=1S/C20H12BrF3O/c21-18-13-7-6-12-17(18)16(14-19(25)20(22,23)24)11-5-4-10-15-8-2-1-3-9-15/h1-3,6-9,12-13,16H,14H2/t16-/m1/s1. The van der Waals surface area contributed by atoms with Crippen LogP contribution in [0.25, 0.3) is 0 Å². The monoisotopic (exact) mass is 404 g/mol. The predicted molar refractivity (Wildman–Crippen MR) is 93.7 cm³/mol. The highest BCUT2D eigenvalue weighted by atomic mass is 79.9. The van der Waals surface area contributed by atoms with Gasteiger partial charge in [-0.25, -0.2) is 0 Å². The summed E-state index contributed by atoms with van der Waals surface area (Å²) < 4.78 is 38.4.